The molecule has 1 saturated carbocycles. The van der Waals surface area contributed by atoms with Gasteiger partial charge in [-0.1, -0.05) is 12.8 Å². The van der Waals surface area contributed by atoms with Gasteiger partial charge in [-0.3, -0.25) is 4.84 Å². The van der Waals surface area contributed by atoms with Crippen LogP contribution in [0.1, 0.15) is 25.7 Å². The van der Waals surface area contributed by atoms with Crippen LogP contribution in [0.25, 0.3) is 0 Å². The highest BCUT2D eigenvalue weighted by Crippen LogP contribution is 2.24. The molecule has 0 aromatic carbocycles. The van der Waals surface area contributed by atoms with E-state index in [0.29, 0.717) is 12.5 Å². The zero-order chi connectivity index (χ0) is 12.0. The normalized spacial score (nSPS) is 16.1. The molecule has 0 radical (unpaired) electrons. The number of hydrogen-bond donors (Lipinski definition) is 2. The molecule has 1 rings (SSSR count). The van der Waals surface area contributed by atoms with Crippen LogP contribution in [0.15, 0.2) is 0 Å². The first-order valence-corrected chi connectivity index (χ1v) is 5.44. The van der Waals surface area contributed by atoms with Gasteiger partial charge in [0.1, 0.15) is 0 Å². The molecule has 0 aliphatic heterocycles. The smallest absolute Gasteiger partial charge is 0.341 e. The van der Waals surface area contributed by atoms with Gasteiger partial charge in [0.25, 0.3) is 0 Å². The third-order valence-corrected chi connectivity index (χ3v) is 2.71. The van der Waals surface area contributed by atoms with Crippen molar-refractivity contribution in [2.24, 2.45) is 5.92 Å². The predicted molar refractivity (Wildman–Crippen MR) is 56.7 cm³/mol. The van der Waals surface area contributed by atoms with Gasteiger partial charge in [-0.25, -0.2) is 15.1 Å². The van der Waals surface area contributed by atoms with Crippen molar-refractivity contribution in [2.45, 2.75) is 25.7 Å². The molecule has 1 aliphatic rings. The largest absolute Gasteiger partial charge is 0.479 e. The molecule has 0 bridgehead atoms. The van der Waals surface area contributed by atoms with Crippen LogP contribution in [0.4, 0.5) is 4.79 Å². The summed E-state index contributed by atoms with van der Waals surface area (Å²) in [6, 6.07) is -0.395. The molecular formula is C10H18N2O4. The summed E-state index contributed by atoms with van der Waals surface area (Å²) in [6.45, 7) is 0.172. The lowest BCUT2D eigenvalue weighted by molar-refractivity contribution is -0.144. The number of nitrogens with one attached hydrogen (secondary N) is 1. The van der Waals surface area contributed by atoms with Crippen molar-refractivity contribution >= 4 is 12.0 Å². The summed E-state index contributed by atoms with van der Waals surface area (Å²) in [6.07, 6.45) is 4.78. The standard InChI is InChI=1S/C10H18N2O4/c1-12(6-8-4-2-3-5-8)10(15)11-16-7-9(13)14/h8H,2-7H2,1H3,(H,11,15)(H,13,14). The average Bonchev–Trinajstić information content (AvgIpc) is 2.69. The highest BCUT2D eigenvalue weighted by molar-refractivity contribution is 5.73. The van der Waals surface area contributed by atoms with E-state index in [2.05, 4.69) is 10.3 Å². The Hall–Kier alpha value is -1.30. The number of urea groups is 1. The van der Waals surface area contributed by atoms with Crippen LogP contribution in [-0.4, -0.2) is 42.2 Å². The fraction of sp³-hybridized carbons (Fsp3) is 0.800. The fourth-order valence-electron chi connectivity index (χ4n) is 1.90. The van der Waals surface area contributed by atoms with E-state index in [1.54, 1.807) is 7.05 Å². The van der Waals surface area contributed by atoms with E-state index >= 15 is 0 Å². The fourth-order valence-corrected chi connectivity index (χ4v) is 1.90. The molecule has 16 heavy (non-hydrogen) atoms. The summed E-state index contributed by atoms with van der Waals surface area (Å²) in [4.78, 5) is 27.6. The minimum absolute atomic E-state index is 0.395. The highest BCUT2D eigenvalue weighted by Gasteiger charge is 2.19. The maximum Gasteiger partial charge on any atom is 0.341 e. The first-order valence-electron chi connectivity index (χ1n) is 5.44. The van der Waals surface area contributed by atoms with Gasteiger partial charge in [-0.15, -0.1) is 0 Å². The Kier molecular flexibility index (Phi) is 5.04. The molecule has 0 spiro atoms. The number of carboxylic acid groups (broad SMARTS) is 1. The van der Waals surface area contributed by atoms with E-state index in [9.17, 15) is 9.59 Å². The van der Waals surface area contributed by atoms with Crippen LogP contribution >= 0.6 is 0 Å². The molecule has 2 amide bonds. The van der Waals surface area contributed by atoms with E-state index in [1.807, 2.05) is 0 Å². The van der Waals surface area contributed by atoms with E-state index in [-0.39, 0.29) is 0 Å². The quantitative estimate of drug-likeness (QED) is 0.686. The van der Waals surface area contributed by atoms with E-state index in [4.69, 9.17) is 5.11 Å². The lowest BCUT2D eigenvalue weighted by Gasteiger charge is -2.20. The minimum atomic E-state index is -1.11. The van der Waals surface area contributed by atoms with Crippen LogP contribution < -0.4 is 5.48 Å². The van der Waals surface area contributed by atoms with E-state index in [0.717, 1.165) is 12.8 Å². The number of carboxylic acids is 1. The summed E-state index contributed by atoms with van der Waals surface area (Å²) in [7, 11) is 1.68. The second-order valence-corrected chi connectivity index (χ2v) is 4.12. The number of rotatable bonds is 5. The number of hydroxylamine groups is 1. The summed E-state index contributed by atoms with van der Waals surface area (Å²) in [5, 5.41) is 8.30. The molecule has 92 valence electrons. The van der Waals surface area contributed by atoms with Gasteiger partial charge in [-0.2, -0.15) is 0 Å². The van der Waals surface area contributed by atoms with Crippen LogP contribution in [0, 0.1) is 5.92 Å². The molecular weight excluding hydrogens is 212 g/mol. The molecule has 0 aromatic heterocycles. The summed E-state index contributed by atoms with van der Waals surface area (Å²) < 4.78 is 0. The predicted octanol–water partition coefficient (Wildman–Crippen LogP) is 0.834. The first-order chi connectivity index (χ1) is 7.59. The molecule has 1 fully saturated rings. The van der Waals surface area contributed by atoms with Crippen molar-refractivity contribution in [2.75, 3.05) is 20.2 Å². The van der Waals surface area contributed by atoms with Gasteiger partial charge < -0.3 is 10.0 Å². The number of carbonyl (C=O) groups is 2. The zero-order valence-corrected chi connectivity index (χ0v) is 9.44. The lowest BCUT2D eigenvalue weighted by atomic mass is 10.1. The van der Waals surface area contributed by atoms with Crippen LogP contribution in [0.3, 0.4) is 0 Å². The van der Waals surface area contributed by atoms with Gasteiger partial charge in [0.05, 0.1) is 0 Å². The highest BCUT2D eigenvalue weighted by atomic mass is 16.7. The van der Waals surface area contributed by atoms with Gasteiger partial charge in [0.2, 0.25) is 0 Å². The van der Waals surface area contributed by atoms with Crippen molar-refractivity contribution in [1.29, 1.82) is 0 Å². The summed E-state index contributed by atoms with van der Waals surface area (Å²) in [5.74, 6) is -0.547. The Morgan fingerprint density at radius 3 is 2.62 bits per heavy atom. The molecule has 0 aromatic rings. The molecule has 0 unspecified atom stereocenters. The molecule has 0 atom stereocenters. The van der Waals surface area contributed by atoms with Crippen molar-refractivity contribution < 1.29 is 19.5 Å². The number of aliphatic carboxylic acids is 1. The Labute approximate surface area is 94.5 Å². The number of nitrogens with zero attached hydrogens (tertiary/aromatic N) is 1. The SMILES string of the molecule is CN(CC1CCCC1)C(=O)NOCC(=O)O. The van der Waals surface area contributed by atoms with Crippen molar-refractivity contribution in [3.05, 3.63) is 0 Å². The second-order valence-electron chi connectivity index (χ2n) is 4.12. The van der Waals surface area contributed by atoms with Gasteiger partial charge in [0, 0.05) is 13.6 Å². The summed E-state index contributed by atoms with van der Waals surface area (Å²) in [5.41, 5.74) is 2.09. The molecule has 0 heterocycles. The third-order valence-electron chi connectivity index (χ3n) is 2.71. The second kappa shape index (κ2) is 6.32. The maximum absolute atomic E-state index is 11.4. The third kappa shape index (κ3) is 4.48. The van der Waals surface area contributed by atoms with Crippen molar-refractivity contribution in [3.8, 4) is 0 Å². The Bertz CT molecular complexity index is 251. The first kappa shape index (κ1) is 12.8. The number of hydrogen-bond acceptors (Lipinski definition) is 3. The molecule has 2 N–H and O–H groups in total. The van der Waals surface area contributed by atoms with Gasteiger partial charge >= 0.3 is 12.0 Å². The molecule has 0 saturated heterocycles. The maximum atomic E-state index is 11.4. The van der Waals surface area contributed by atoms with Crippen LogP contribution in [0.2, 0.25) is 0 Å². The Morgan fingerprint density at radius 2 is 2.06 bits per heavy atom. The van der Waals surface area contributed by atoms with Crippen molar-refractivity contribution in [3.63, 3.8) is 0 Å². The zero-order valence-electron chi connectivity index (χ0n) is 9.44. The topological polar surface area (TPSA) is 78.9 Å². The molecule has 6 nitrogen and oxygen atoms in total. The van der Waals surface area contributed by atoms with E-state index in [1.165, 1.54) is 17.7 Å². The number of amides is 2. The summed E-state index contributed by atoms with van der Waals surface area (Å²) >= 11 is 0. The van der Waals surface area contributed by atoms with E-state index < -0.39 is 18.6 Å². The van der Waals surface area contributed by atoms with Crippen LogP contribution in [0.5, 0.6) is 0 Å². The van der Waals surface area contributed by atoms with Gasteiger partial charge in [-0.05, 0) is 18.8 Å². The van der Waals surface area contributed by atoms with Crippen molar-refractivity contribution in [1.82, 2.24) is 10.4 Å². The number of carbonyl (C=O) groups excluding carboxylic acids is 1. The molecule has 6 heteroatoms. The average molecular weight is 230 g/mol. The Balaban J connectivity index is 2.16. The lowest BCUT2D eigenvalue weighted by Crippen LogP contribution is -2.40. The minimum Gasteiger partial charge on any atom is -0.479 e. The van der Waals surface area contributed by atoms with Crippen LogP contribution in [-0.2, 0) is 9.63 Å². The molecule has 1 aliphatic carbocycles. The Morgan fingerprint density at radius 1 is 1.44 bits per heavy atom. The monoisotopic (exact) mass is 230 g/mol. The van der Waals surface area contributed by atoms with Gasteiger partial charge in [0.15, 0.2) is 6.61 Å².